The summed E-state index contributed by atoms with van der Waals surface area (Å²) in [4.78, 5) is 40.1. The third-order valence-electron chi connectivity index (χ3n) is 5.12. The van der Waals surface area contributed by atoms with Crippen molar-refractivity contribution >= 4 is 23.2 Å². The van der Waals surface area contributed by atoms with E-state index in [1.807, 2.05) is 13.8 Å². The highest BCUT2D eigenvalue weighted by molar-refractivity contribution is 6.00. The first-order valence-corrected chi connectivity index (χ1v) is 10.4. The van der Waals surface area contributed by atoms with Gasteiger partial charge in [-0.2, -0.15) is 0 Å². The largest absolute Gasteiger partial charge is 0.448 e. The number of nitrogens with zero attached hydrogens (tertiary/aromatic N) is 2. The topological polar surface area (TPSA) is 139 Å². The summed E-state index contributed by atoms with van der Waals surface area (Å²) in [5.74, 6) is -0.0102. The number of aromatic nitrogens is 1. The zero-order chi connectivity index (χ0) is 22.4. The number of oxazole rings is 1. The van der Waals surface area contributed by atoms with E-state index in [4.69, 9.17) is 4.42 Å². The summed E-state index contributed by atoms with van der Waals surface area (Å²) in [7, 11) is 0. The number of nitrogens with one attached hydrogen (secondary N) is 3. The van der Waals surface area contributed by atoms with Crippen LogP contribution in [-0.4, -0.2) is 40.9 Å². The molecule has 31 heavy (non-hydrogen) atoms. The van der Waals surface area contributed by atoms with Crippen molar-refractivity contribution in [3.05, 3.63) is 52.2 Å². The van der Waals surface area contributed by atoms with E-state index < -0.39 is 22.8 Å². The molecule has 2 amide bonds. The van der Waals surface area contributed by atoms with E-state index in [-0.39, 0.29) is 23.2 Å². The Kier molecular flexibility index (Phi) is 7.35. The highest BCUT2D eigenvalue weighted by Crippen LogP contribution is 2.24. The average Bonchev–Trinajstić information content (AvgIpc) is 3.24. The smallest absolute Gasteiger partial charge is 0.273 e. The summed E-state index contributed by atoms with van der Waals surface area (Å²) >= 11 is 0. The second kappa shape index (κ2) is 10.2. The number of hydrogen-bond donors (Lipinski definition) is 3. The second-order valence-electron chi connectivity index (χ2n) is 8.04. The summed E-state index contributed by atoms with van der Waals surface area (Å²) in [5.41, 5.74) is 0.485. The quantitative estimate of drug-likeness (QED) is 0.433. The third-order valence-corrected chi connectivity index (χ3v) is 5.12. The van der Waals surface area contributed by atoms with Gasteiger partial charge in [-0.15, -0.1) is 0 Å². The van der Waals surface area contributed by atoms with Crippen molar-refractivity contribution in [1.82, 2.24) is 15.6 Å². The number of carbonyl (C=O) groups is 2. The van der Waals surface area contributed by atoms with Gasteiger partial charge in [0.2, 0.25) is 5.91 Å². The summed E-state index contributed by atoms with van der Waals surface area (Å²) in [6.45, 7) is 5.66. The number of piperidine rings is 1. The Morgan fingerprint density at radius 2 is 1.94 bits per heavy atom. The van der Waals surface area contributed by atoms with E-state index in [0.29, 0.717) is 18.0 Å². The minimum atomic E-state index is -0.790. The van der Waals surface area contributed by atoms with Crippen molar-refractivity contribution in [1.29, 1.82) is 0 Å². The molecule has 1 unspecified atom stereocenters. The van der Waals surface area contributed by atoms with Gasteiger partial charge in [0.25, 0.3) is 11.6 Å². The first kappa shape index (κ1) is 22.4. The second-order valence-corrected chi connectivity index (χ2v) is 8.04. The number of rotatable bonds is 8. The maximum Gasteiger partial charge on any atom is 0.273 e. The lowest BCUT2D eigenvalue weighted by molar-refractivity contribution is -0.384. The zero-order valence-corrected chi connectivity index (χ0v) is 17.6. The molecule has 3 N–H and O–H groups in total. The van der Waals surface area contributed by atoms with Gasteiger partial charge in [0.05, 0.1) is 4.92 Å². The van der Waals surface area contributed by atoms with Gasteiger partial charge in [0.1, 0.15) is 12.3 Å². The van der Waals surface area contributed by atoms with Gasteiger partial charge >= 0.3 is 0 Å². The van der Waals surface area contributed by atoms with E-state index >= 15 is 0 Å². The molecule has 166 valence electrons. The monoisotopic (exact) mass is 429 g/mol. The summed E-state index contributed by atoms with van der Waals surface area (Å²) in [6, 6.07) is 4.73. The van der Waals surface area contributed by atoms with Gasteiger partial charge in [-0.05, 0) is 50.4 Å². The predicted octanol–water partition coefficient (Wildman–Crippen LogP) is 2.83. The maximum atomic E-state index is 12.8. The highest BCUT2D eigenvalue weighted by atomic mass is 16.6. The van der Waals surface area contributed by atoms with Crippen LogP contribution >= 0.6 is 0 Å². The number of benzene rings is 1. The van der Waals surface area contributed by atoms with Gasteiger partial charge in [0, 0.05) is 23.7 Å². The van der Waals surface area contributed by atoms with Gasteiger partial charge in [0.15, 0.2) is 11.6 Å². The first-order chi connectivity index (χ1) is 14.8. The molecule has 1 aliphatic heterocycles. The lowest BCUT2D eigenvalue weighted by atomic mass is 9.98. The molecule has 2 aromatic rings. The Morgan fingerprint density at radius 3 is 2.55 bits per heavy atom. The van der Waals surface area contributed by atoms with Crippen molar-refractivity contribution in [2.75, 3.05) is 18.4 Å². The average molecular weight is 429 g/mol. The van der Waals surface area contributed by atoms with Crippen LogP contribution in [0.25, 0.3) is 0 Å². The molecule has 2 heterocycles. The molecule has 0 spiro atoms. The van der Waals surface area contributed by atoms with E-state index in [1.54, 1.807) is 0 Å². The highest BCUT2D eigenvalue weighted by Gasteiger charge is 2.26. The fraction of sp³-hybridized carbons (Fsp3) is 0.476. The Morgan fingerprint density at radius 1 is 1.26 bits per heavy atom. The molecule has 1 fully saturated rings. The van der Waals surface area contributed by atoms with Crippen LogP contribution in [0.1, 0.15) is 55.4 Å². The molecule has 0 aliphatic carbocycles. The SMILES string of the molecule is CC(C)CC(NC(=O)c1coc(C2CCNCC2)n1)C(=O)Nc1ccc([N+](=O)[O-])cc1. The molecule has 0 bridgehead atoms. The number of nitro groups is 1. The molecular formula is C21H27N5O5. The van der Waals surface area contributed by atoms with Crippen LogP contribution in [-0.2, 0) is 4.79 Å². The Bertz CT molecular complexity index is 918. The summed E-state index contributed by atoms with van der Waals surface area (Å²) in [6.07, 6.45) is 3.54. The van der Waals surface area contributed by atoms with E-state index in [2.05, 4.69) is 20.9 Å². The molecule has 1 saturated heterocycles. The zero-order valence-electron chi connectivity index (χ0n) is 17.6. The molecule has 10 nitrogen and oxygen atoms in total. The van der Waals surface area contributed by atoms with Crippen molar-refractivity contribution in [3.8, 4) is 0 Å². The van der Waals surface area contributed by atoms with Gasteiger partial charge < -0.3 is 20.4 Å². The molecule has 1 aromatic carbocycles. The standard InChI is InChI=1S/C21H27N5O5/c1-13(2)11-17(19(27)23-15-3-5-16(6-4-15)26(29)30)24-20(28)18-12-31-21(25-18)14-7-9-22-10-8-14/h3-6,12-14,17,22H,7-11H2,1-2H3,(H,23,27)(H,24,28). The Hall–Kier alpha value is -3.27. The maximum absolute atomic E-state index is 12.8. The van der Waals surface area contributed by atoms with Crippen LogP contribution in [0.4, 0.5) is 11.4 Å². The van der Waals surface area contributed by atoms with Crippen LogP contribution in [0.2, 0.25) is 0 Å². The van der Waals surface area contributed by atoms with Crippen molar-refractivity contribution < 1.29 is 18.9 Å². The van der Waals surface area contributed by atoms with Gasteiger partial charge in [-0.3, -0.25) is 19.7 Å². The number of hydrogen-bond acceptors (Lipinski definition) is 7. The number of carbonyl (C=O) groups excluding carboxylic acids is 2. The molecule has 0 radical (unpaired) electrons. The van der Waals surface area contributed by atoms with Crippen molar-refractivity contribution in [3.63, 3.8) is 0 Å². The van der Waals surface area contributed by atoms with Gasteiger partial charge in [-0.25, -0.2) is 4.98 Å². The number of non-ortho nitro benzene ring substituents is 1. The minimum Gasteiger partial charge on any atom is -0.448 e. The molecule has 3 rings (SSSR count). The number of amides is 2. The van der Waals surface area contributed by atoms with Gasteiger partial charge in [-0.1, -0.05) is 13.8 Å². The van der Waals surface area contributed by atoms with Crippen LogP contribution in [0.5, 0.6) is 0 Å². The molecule has 1 aliphatic rings. The fourth-order valence-electron chi connectivity index (χ4n) is 3.48. The van der Waals surface area contributed by atoms with Crippen LogP contribution in [0, 0.1) is 16.0 Å². The molecule has 0 saturated carbocycles. The molecule has 1 aromatic heterocycles. The van der Waals surface area contributed by atoms with Crippen molar-refractivity contribution in [2.45, 2.75) is 45.1 Å². The van der Waals surface area contributed by atoms with Crippen LogP contribution < -0.4 is 16.0 Å². The van der Waals surface area contributed by atoms with E-state index in [1.165, 1.54) is 30.5 Å². The third kappa shape index (κ3) is 6.11. The summed E-state index contributed by atoms with van der Waals surface area (Å²) < 4.78 is 5.52. The lowest BCUT2D eigenvalue weighted by Gasteiger charge is -2.20. The van der Waals surface area contributed by atoms with Crippen molar-refractivity contribution in [2.24, 2.45) is 5.92 Å². The van der Waals surface area contributed by atoms with Crippen LogP contribution in [0.3, 0.4) is 0 Å². The Labute approximate surface area is 180 Å². The lowest BCUT2D eigenvalue weighted by Crippen LogP contribution is -2.44. The van der Waals surface area contributed by atoms with E-state index in [9.17, 15) is 19.7 Å². The molecular weight excluding hydrogens is 402 g/mol. The molecule has 1 atom stereocenters. The number of nitro benzene ring substituents is 1. The summed E-state index contributed by atoms with van der Waals surface area (Å²) in [5, 5.41) is 19.5. The molecule has 10 heteroatoms. The first-order valence-electron chi connectivity index (χ1n) is 10.4. The normalized spacial score (nSPS) is 15.5. The predicted molar refractivity (Wildman–Crippen MR) is 114 cm³/mol. The minimum absolute atomic E-state index is 0.0689. The van der Waals surface area contributed by atoms with Crippen LogP contribution in [0.15, 0.2) is 34.9 Å². The fourth-order valence-corrected chi connectivity index (χ4v) is 3.48. The van der Waals surface area contributed by atoms with E-state index in [0.717, 1.165) is 25.9 Å². The Balaban J connectivity index is 1.65. The number of anilines is 1.